The van der Waals surface area contributed by atoms with Crippen LogP contribution in [0.4, 0.5) is 0 Å². The van der Waals surface area contributed by atoms with Crippen molar-refractivity contribution in [3.05, 3.63) is 186 Å². The fourth-order valence-electron chi connectivity index (χ4n) is 8.57. The van der Waals surface area contributed by atoms with Crippen molar-refractivity contribution in [2.24, 2.45) is 0 Å². The number of allylic oxidation sites excluding steroid dienone is 5. The lowest BCUT2D eigenvalue weighted by Crippen LogP contribution is -2.04. The SMILES string of the molecule is C1=CC(c2ccc3oc4ccccc4c3c2)=CC(c2ccc3c(c2)c2ccccc2n3-c2ccc3oc4c(c3c2)CC(c2ccccc2)C=C4)C1. The highest BCUT2D eigenvalue weighted by Crippen LogP contribution is 2.41. The molecule has 9 aromatic rings. The van der Waals surface area contributed by atoms with Gasteiger partial charge in [-0.2, -0.15) is 0 Å². The van der Waals surface area contributed by atoms with Gasteiger partial charge in [0.15, 0.2) is 0 Å². The number of rotatable bonds is 4. The van der Waals surface area contributed by atoms with Crippen molar-refractivity contribution < 1.29 is 8.83 Å². The molecule has 0 aliphatic heterocycles. The summed E-state index contributed by atoms with van der Waals surface area (Å²) in [6, 6.07) is 48.2. The number of furan rings is 2. The van der Waals surface area contributed by atoms with E-state index in [0.29, 0.717) is 5.92 Å². The zero-order chi connectivity index (χ0) is 33.5. The second kappa shape index (κ2) is 11.1. The molecule has 0 fully saturated rings. The van der Waals surface area contributed by atoms with Gasteiger partial charge in [0.1, 0.15) is 22.5 Å². The monoisotopic (exact) mass is 655 g/mol. The topological polar surface area (TPSA) is 31.2 Å². The molecule has 2 unspecified atom stereocenters. The Balaban J connectivity index is 0.991. The number of fused-ring (bicyclic) bond motifs is 9. The first-order valence-electron chi connectivity index (χ1n) is 17.9. The highest BCUT2D eigenvalue weighted by atomic mass is 16.3. The van der Waals surface area contributed by atoms with E-state index in [1.807, 2.05) is 12.1 Å². The van der Waals surface area contributed by atoms with Crippen LogP contribution in [0.5, 0.6) is 0 Å². The molecule has 2 aliphatic rings. The average molecular weight is 656 g/mol. The van der Waals surface area contributed by atoms with Crippen molar-refractivity contribution >= 4 is 66.4 Å². The Hall–Kier alpha value is -6.32. The predicted octanol–water partition coefficient (Wildman–Crippen LogP) is 12.9. The molecule has 0 spiro atoms. The van der Waals surface area contributed by atoms with E-state index in [2.05, 4.69) is 156 Å². The first kappa shape index (κ1) is 28.5. The lowest BCUT2D eigenvalue weighted by atomic mass is 9.86. The van der Waals surface area contributed by atoms with E-state index in [1.165, 1.54) is 55.0 Å². The van der Waals surface area contributed by atoms with Gasteiger partial charge in [-0.1, -0.05) is 103 Å². The molecule has 2 aliphatic carbocycles. The molecule has 0 bridgehead atoms. The Morgan fingerprint density at radius 2 is 1.31 bits per heavy atom. The van der Waals surface area contributed by atoms with Crippen molar-refractivity contribution in [3.8, 4) is 5.69 Å². The number of hydrogen-bond donors (Lipinski definition) is 0. The minimum Gasteiger partial charge on any atom is -0.456 e. The number of para-hydroxylation sites is 2. The van der Waals surface area contributed by atoms with Gasteiger partial charge in [0.05, 0.1) is 11.0 Å². The van der Waals surface area contributed by atoms with Crippen LogP contribution in [0, 0.1) is 0 Å². The molecule has 3 heteroatoms. The summed E-state index contributed by atoms with van der Waals surface area (Å²) in [5, 5.41) is 6.07. The van der Waals surface area contributed by atoms with Crippen LogP contribution in [0.1, 0.15) is 46.3 Å². The molecule has 51 heavy (non-hydrogen) atoms. The minimum absolute atomic E-state index is 0.285. The van der Waals surface area contributed by atoms with Gasteiger partial charge in [-0.25, -0.2) is 0 Å². The van der Waals surface area contributed by atoms with Crippen LogP contribution in [0.2, 0.25) is 0 Å². The highest BCUT2D eigenvalue weighted by molar-refractivity contribution is 6.10. The van der Waals surface area contributed by atoms with Gasteiger partial charge in [-0.05, 0) is 95.8 Å². The second-order valence-electron chi connectivity index (χ2n) is 14.0. The second-order valence-corrected chi connectivity index (χ2v) is 14.0. The first-order valence-corrected chi connectivity index (χ1v) is 17.9. The summed E-state index contributed by atoms with van der Waals surface area (Å²) in [5.74, 6) is 1.60. The van der Waals surface area contributed by atoms with Crippen molar-refractivity contribution in [3.63, 3.8) is 0 Å². The minimum atomic E-state index is 0.285. The Morgan fingerprint density at radius 1 is 0.529 bits per heavy atom. The van der Waals surface area contributed by atoms with E-state index in [-0.39, 0.29) is 5.92 Å². The fourth-order valence-corrected chi connectivity index (χ4v) is 8.57. The third-order valence-electron chi connectivity index (χ3n) is 11.1. The average Bonchev–Trinajstić information content (AvgIpc) is 3.86. The molecule has 0 amide bonds. The van der Waals surface area contributed by atoms with Crippen LogP contribution >= 0.6 is 0 Å². The van der Waals surface area contributed by atoms with Crippen LogP contribution in [-0.2, 0) is 6.42 Å². The summed E-state index contributed by atoms with van der Waals surface area (Å²) < 4.78 is 14.9. The van der Waals surface area contributed by atoms with E-state index >= 15 is 0 Å². The summed E-state index contributed by atoms with van der Waals surface area (Å²) in [7, 11) is 0. The summed E-state index contributed by atoms with van der Waals surface area (Å²) in [5.41, 5.74) is 12.8. The number of hydrogen-bond acceptors (Lipinski definition) is 2. The first-order chi connectivity index (χ1) is 25.2. The van der Waals surface area contributed by atoms with Crippen LogP contribution < -0.4 is 0 Å². The van der Waals surface area contributed by atoms with Crippen LogP contribution in [0.3, 0.4) is 0 Å². The number of aromatic nitrogens is 1. The summed E-state index contributed by atoms with van der Waals surface area (Å²) in [4.78, 5) is 0. The van der Waals surface area contributed by atoms with E-state index in [9.17, 15) is 0 Å². The summed E-state index contributed by atoms with van der Waals surface area (Å²) in [6.07, 6.45) is 13.4. The third-order valence-corrected chi connectivity index (χ3v) is 11.1. The van der Waals surface area contributed by atoms with Gasteiger partial charge < -0.3 is 13.4 Å². The normalized spacial score (nSPS) is 17.2. The Bertz CT molecular complexity index is 2930. The largest absolute Gasteiger partial charge is 0.456 e. The smallest absolute Gasteiger partial charge is 0.135 e. The molecular weight excluding hydrogens is 623 g/mol. The maximum absolute atomic E-state index is 6.37. The van der Waals surface area contributed by atoms with Gasteiger partial charge in [0, 0.05) is 50.0 Å². The maximum Gasteiger partial charge on any atom is 0.135 e. The highest BCUT2D eigenvalue weighted by Gasteiger charge is 2.23. The predicted molar refractivity (Wildman–Crippen MR) is 211 cm³/mol. The van der Waals surface area contributed by atoms with Crippen molar-refractivity contribution in [1.82, 2.24) is 4.57 Å². The summed E-state index contributed by atoms with van der Waals surface area (Å²) >= 11 is 0. The van der Waals surface area contributed by atoms with Gasteiger partial charge in [0.2, 0.25) is 0 Å². The van der Waals surface area contributed by atoms with Crippen LogP contribution in [-0.4, -0.2) is 4.57 Å². The molecular formula is C48H33NO2. The van der Waals surface area contributed by atoms with Crippen molar-refractivity contribution in [2.45, 2.75) is 24.7 Å². The standard InChI is InChI=1S/C48H33NO2/c1-2-9-30(10-3-1)33-18-22-47-41(27-33)42-29-36(20-24-48(42)51-47)49-43-15-6-4-13-37(43)39-26-34(17-21-44(39)49)31-11-8-12-32(25-31)35-19-23-46-40(28-35)38-14-5-7-16-45(38)50-46/h1-10,12-26,28-29,31,33H,11,27H2. The maximum atomic E-state index is 6.37. The van der Waals surface area contributed by atoms with E-state index in [1.54, 1.807) is 0 Å². The lowest BCUT2D eigenvalue weighted by Gasteiger charge is -2.18. The molecule has 242 valence electrons. The number of benzene rings is 6. The van der Waals surface area contributed by atoms with Crippen molar-refractivity contribution in [2.75, 3.05) is 0 Å². The van der Waals surface area contributed by atoms with E-state index in [4.69, 9.17) is 8.83 Å². The molecule has 0 saturated heterocycles. The third kappa shape index (κ3) is 4.51. The van der Waals surface area contributed by atoms with Crippen LogP contribution in [0.15, 0.2) is 167 Å². The van der Waals surface area contributed by atoms with Gasteiger partial charge >= 0.3 is 0 Å². The molecule has 3 aromatic heterocycles. The molecule has 3 heterocycles. The zero-order valence-electron chi connectivity index (χ0n) is 27.9. The van der Waals surface area contributed by atoms with Crippen molar-refractivity contribution in [1.29, 1.82) is 0 Å². The Kier molecular flexibility index (Phi) is 6.20. The fraction of sp³-hybridized carbons (Fsp3) is 0.0833. The Morgan fingerprint density at radius 3 is 2.25 bits per heavy atom. The molecule has 6 aromatic carbocycles. The molecule has 0 N–H and O–H groups in total. The molecule has 3 nitrogen and oxygen atoms in total. The van der Waals surface area contributed by atoms with E-state index < -0.39 is 0 Å². The lowest BCUT2D eigenvalue weighted by molar-refractivity contribution is 0.591. The van der Waals surface area contributed by atoms with Gasteiger partial charge in [-0.15, -0.1) is 0 Å². The summed E-state index contributed by atoms with van der Waals surface area (Å²) in [6.45, 7) is 0. The molecule has 2 atom stereocenters. The van der Waals surface area contributed by atoms with Gasteiger partial charge in [-0.3, -0.25) is 0 Å². The Labute approximate surface area is 295 Å². The van der Waals surface area contributed by atoms with Crippen LogP contribution in [0.25, 0.3) is 72.1 Å². The van der Waals surface area contributed by atoms with Gasteiger partial charge in [0.25, 0.3) is 0 Å². The molecule has 0 saturated carbocycles. The molecule has 11 rings (SSSR count). The zero-order valence-corrected chi connectivity index (χ0v) is 27.9. The van der Waals surface area contributed by atoms with E-state index in [0.717, 1.165) is 51.8 Å². The molecule has 0 radical (unpaired) electrons. The quantitative estimate of drug-likeness (QED) is 0.189. The number of nitrogens with zero attached hydrogens (tertiary/aromatic N) is 1.